The lowest BCUT2D eigenvalue weighted by Gasteiger charge is -2.30. The van der Waals surface area contributed by atoms with E-state index in [1.54, 1.807) is 18.1 Å². The summed E-state index contributed by atoms with van der Waals surface area (Å²) < 4.78 is 18.6. The number of methoxy groups -OCH3 is 1. The minimum Gasteiger partial charge on any atom is -0.396 e. The van der Waals surface area contributed by atoms with Gasteiger partial charge in [-0.2, -0.15) is 0 Å². The highest BCUT2D eigenvalue weighted by Crippen LogP contribution is 2.17. The predicted octanol–water partition coefficient (Wildman–Crippen LogP) is 2.69. The van der Waals surface area contributed by atoms with Gasteiger partial charge in [0.05, 0.1) is 12.3 Å². The number of halogens is 1. The van der Waals surface area contributed by atoms with Gasteiger partial charge in [-0.05, 0) is 31.0 Å². The second-order valence-corrected chi connectivity index (χ2v) is 4.70. The molecule has 0 spiro atoms. The Kier molecular flexibility index (Phi) is 6.45. The van der Waals surface area contributed by atoms with Gasteiger partial charge in [0, 0.05) is 25.3 Å². The number of ether oxygens (including phenoxy) is 1. The molecule has 2 N–H and O–H groups in total. The number of hydrogen-bond donors (Lipinski definition) is 1. The first-order valence-electron chi connectivity index (χ1n) is 6.90. The van der Waals surface area contributed by atoms with E-state index < -0.39 is 5.82 Å². The average molecular weight is 282 g/mol. The lowest BCUT2D eigenvalue weighted by atomic mass is 10.1. The highest BCUT2D eigenvalue weighted by atomic mass is 19.1. The van der Waals surface area contributed by atoms with Crippen LogP contribution in [0.15, 0.2) is 18.2 Å². The molecular formula is C15H23FN2O2. The van der Waals surface area contributed by atoms with Crippen molar-refractivity contribution in [2.24, 2.45) is 0 Å². The van der Waals surface area contributed by atoms with E-state index in [-0.39, 0.29) is 17.6 Å². The van der Waals surface area contributed by atoms with Gasteiger partial charge in [0.25, 0.3) is 5.91 Å². The van der Waals surface area contributed by atoms with E-state index in [9.17, 15) is 9.18 Å². The molecule has 0 aliphatic heterocycles. The summed E-state index contributed by atoms with van der Waals surface area (Å²) in [6, 6.07) is 4.30. The summed E-state index contributed by atoms with van der Waals surface area (Å²) in [5.74, 6) is -0.748. The molecule has 0 saturated carbocycles. The van der Waals surface area contributed by atoms with Crippen molar-refractivity contribution in [3.63, 3.8) is 0 Å². The van der Waals surface area contributed by atoms with Crippen LogP contribution in [-0.4, -0.2) is 37.1 Å². The van der Waals surface area contributed by atoms with E-state index in [2.05, 4.69) is 0 Å². The number of hydrogen-bond acceptors (Lipinski definition) is 3. The number of rotatable bonds is 7. The molecule has 5 heteroatoms. The molecule has 0 heterocycles. The molecule has 0 fully saturated rings. The van der Waals surface area contributed by atoms with Crippen molar-refractivity contribution in [1.82, 2.24) is 4.90 Å². The van der Waals surface area contributed by atoms with Gasteiger partial charge in [0.2, 0.25) is 0 Å². The van der Waals surface area contributed by atoms with Crippen molar-refractivity contribution >= 4 is 11.6 Å². The van der Waals surface area contributed by atoms with E-state index in [0.717, 1.165) is 12.8 Å². The zero-order valence-electron chi connectivity index (χ0n) is 12.4. The summed E-state index contributed by atoms with van der Waals surface area (Å²) in [6.07, 6.45) is 1.70. The molecule has 0 saturated heterocycles. The fourth-order valence-electron chi connectivity index (χ4n) is 2.20. The van der Waals surface area contributed by atoms with Gasteiger partial charge in [0.15, 0.2) is 0 Å². The SMILES string of the molecule is CCC(CC)N(CCOC)C(=O)c1ccc(N)c(F)c1. The first kappa shape index (κ1) is 16.4. The van der Waals surface area contributed by atoms with Crippen LogP contribution < -0.4 is 5.73 Å². The largest absolute Gasteiger partial charge is 0.396 e. The number of nitrogens with two attached hydrogens (primary N) is 1. The van der Waals surface area contributed by atoms with Gasteiger partial charge in [0.1, 0.15) is 5.82 Å². The fraction of sp³-hybridized carbons (Fsp3) is 0.533. The lowest BCUT2D eigenvalue weighted by Crippen LogP contribution is -2.41. The molecular weight excluding hydrogens is 259 g/mol. The Balaban J connectivity index is 2.99. The normalized spacial score (nSPS) is 10.8. The van der Waals surface area contributed by atoms with Gasteiger partial charge in [-0.1, -0.05) is 13.8 Å². The molecule has 1 rings (SSSR count). The predicted molar refractivity (Wildman–Crippen MR) is 78.1 cm³/mol. The number of amides is 1. The zero-order valence-corrected chi connectivity index (χ0v) is 12.4. The minimum atomic E-state index is -0.563. The number of nitrogen functional groups attached to an aromatic ring is 1. The van der Waals surface area contributed by atoms with Crippen LogP contribution in [0.5, 0.6) is 0 Å². The van der Waals surface area contributed by atoms with Crippen LogP contribution in [0.2, 0.25) is 0 Å². The summed E-state index contributed by atoms with van der Waals surface area (Å²) in [4.78, 5) is 14.3. The van der Waals surface area contributed by atoms with E-state index in [1.165, 1.54) is 12.1 Å². The van der Waals surface area contributed by atoms with Gasteiger partial charge in [-0.3, -0.25) is 4.79 Å². The smallest absolute Gasteiger partial charge is 0.254 e. The number of carbonyl (C=O) groups is 1. The topological polar surface area (TPSA) is 55.6 Å². The molecule has 20 heavy (non-hydrogen) atoms. The van der Waals surface area contributed by atoms with Gasteiger partial charge >= 0.3 is 0 Å². The highest BCUT2D eigenvalue weighted by molar-refractivity contribution is 5.94. The van der Waals surface area contributed by atoms with Crippen LogP contribution >= 0.6 is 0 Å². The first-order chi connectivity index (χ1) is 9.54. The summed E-state index contributed by atoms with van der Waals surface area (Å²) in [6.45, 7) is 5.02. The molecule has 112 valence electrons. The van der Waals surface area contributed by atoms with Gasteiger partial charge in [-0.15, -0.1) is 0 Å². The number of carbonyl (C=O) groups excluding carboxylic acids is 1. The minimum absolute atomic E-state index is 0.0486. The van der Waals surface area contributed by atoms with E-state index >= 15 is 0 Å². The number of nitrogens with zero attached hydrogens (tertiary/aromatic N) is 1. The molecule has 4 nitrogen and oxygen atoms in total. The Morgan fingerprint density at radius 3 is 2.55 bits per heavy atom. The van der Waals surface area contributed by atoms with Gasteiger partial charge in [-0.25, -0.2) is 4.39 Å². The molecule has 0 aliphatic rings. The summed E-state index contributed by atoms with van der Waals surface area (Å²) in [5.41, 5.74) is 5.81. The second-order valence-electron chi connectivity index (χ2n) is 4.70. The Morgan fingerprint density at radius 2 is 2.05 bits per heavy atom. The first-order valence-corrected chi connectivity index (χ1v) is 6.90. The third kappa shape index (κ3) is 3.93. The lowest BCUT2D eigenvalue weighted by molar-refractivity contribution is 0.0589. The van der Waals surface area contributed by atoms with Crippen LogP contribution in [0, 0.1) is 5.82 Å². The highest BCUT2D eigenvalue weighted by Gasteiger charge is 2.22. The standard InChI is InChI=1S/C15H23FN2O2/c1-4-12(5-2)18(8-9-20-3)15(19)11-6-7-14(17)13(16)10-11/h6-7,10,12H,4-5,8-9,17H2,1-3H3. The average Bonchev–Trinajstić information content (AvgIpc) is 2.45. The van der Waals surface area contributed by atoms with Crippen molar-refractivity contribution in [1.29, 1.82) is 0 Å². The van der Waals surface area contributed by atoms with Crippen LogP contribution in [0.1, 0.15) is 37.0 Å². The van der Waals surface area contributed by atoms with Crippen LogP contribution in [0.3, 0.4) is 0 Å². The molecule has 0 bridgehead atoms. The van der Waals surface area contributed by atoms with Crippen molar-refractivity contribution < 1.29 is 13.9 Å². The molecule has 1 aromatic rings. The maximum absolute atomic E-state index is 13.5. The van der Waals surface area contributed by atoms with Crippen LogP contribution in [0.25, 0.3) is 0 Å². The molecule has 0 aromatic heterocycles. The summed E-state index contributed by atoms with van der Waals surface area (Å²) in [7, 11) is 1.60. The number of anilines is 1. The molecule has 0 radical (unpaired) electrons. The Hall–Kier alpha value is -1.62. The third-order valence-corrected chi connectivity index (χ3v) is 3.43. The van der Waals surface area contributed by atoms with Crippen molar-refractivity contribution in [3.05, 3.63) is 29.6 Å². The van der Waals surface area contributed by atoms with Crippen LogP contribution in [-0.2, 0) is 4.74 Å². The third-order valence-electron chi connectivity index (χ3n) is 3.43. The van der Waals surface area contributed by atoms with Crippen molar-refractivity contribution in [2.45, 2.75) is 32.7 Å². The van der Waals surface area contributed by atoms with Crippen molar-refractivity contribution in [3.8, 4) is 0 Å². The molecule has 1 aromatic carbocycles. The summed E-state index contributed by atoms with van der Waals surface area (Å²) >= 11 is 0. The maximum Gasteiger partial charge on any atom is 0.254 e. The monoisotopic (exact) mass is 282 g/mol. The fourth-order valence-corrected chi connectivity index (χ4v) is 2.20. The molecule has 0 aliphatic carbocycles. The van der Waals surface area contributed by atoms with E-state index in [1.807, 2.05) is 13.8 Å². The zero-order chi connectivity index (χ0) is 15.1. The van der Waals surface area contributed by atoms with E-state index in [0.29, 0.717) is 18.7 Å². The second kappa shape index (κ2) is 7.85. The quantitative estimate of drug-likeness (QED) is 0.782. The molecule has 0 atom stereocenters. The Bertz CT molecular complexity index is 447. The number of benzene rings is 1. The molecule has 1 amide bonds. The van der Waals surface area contributed by atoms with Gasteiger partial charge < -0.3 is 15.4 Å². The van der Waals surface area contributed by atoms with Crippen molar-refractivity contribution in [2.75, 3.05) is 26.0 Å². The molecule has 0 unspecified atom stereocenters. The summed E-state index contributed by atoms with van der Waals surface area (Å²) in [5, 5.41) is 0. The Morgan fingerprint density at radius 1 is 1.40 bits per heavy atom. The Labute approximate surface area is 119 Å². The maximum atomic E-state index is 13.5. The van der Waals surface area contributed by atoms with E-state index in [4.69, 9.17) is 10.5 Å². The van der Waals surface area contributed by atoms with Crippen LogP contribution in [0.4, 0.5) is 10.1 Å².